The molecule has 0 aliphatic heterocycles. The van der Waals surface area contributed by atoms with Gasteiger partial charge in [-0.1, -0.05) is 86.6 Å². The topological polar surface area (TPSA) is 18.5 Å². The van der Waals surface area contributed by atoms with Gasteiger partial charge < -0.3 is 9.47 Å². The summed E-state index contributed by atoms with van der Waals surface area (Å²) in [6.45, 7) is 4.35. The van der Waals surface area contributed by atoms with Crippen molar-refractivity contribution in [3.05, 3.63) is 121 Å². The summed E-state index contributed by atoms with van der Waals surface area (Å²) in [6, 6.07) is 37.6. The molecule has 0 atom stereocenters. The molecule has 29 heavy (non-hydrogen) atoms. The van der Waals surface area contributed by atoms with E-state index >= 15 is 0 Å². The van der Waals surface area contributed by atoms with Crippen LogP contribution in [0.15, 0.2) is 115 Å². The van der Waals surface area contributed by atoms with Crippen LogP contribution in [-0.4, -0.2) is 0 Å². The van der Waals surface area contributed by atoms with Crippen molar-refractivity contribution in [1.82, 2.24) is 0 Å². The van der Waals surface area contributed by atoms with E-state index < -0.39 is 0 Å². The second kappa shape index (κ2) is 10.7. The zero-order chi connectivity index (χ0) is 20.3. The zero-order valence-electron chi connectivity index (χ0n) is 16.9. The highest BCUT2D eigenvalue weighted by atomic mass is 16.5. The first-order valence-corrected chi connectivity index (χ1v) is 9.82. The van der Waals surface area contributed by atoms with Gasteiger partial charge >= 0.3 is 0 Å². The SMILES string of the molecule is CC(C)c1ccccc1Oc1ccccc1.c1ccc(Oc2ccccc2)cc1. The van der Waals surface area contributed by atoms with Gasteiger partial charge in [0.05, 0.1) is 0 Å². The van der Waals surface area contributed by atoms with E-state index in [0.29, 0.717) is 5.92 Å². The van der Waals surface area contributed by atoms with Crippen LogP contribution >= 0.6 is 0 Å². The monoisotopic (exact) mass is 382 g/mol. The van der Waals surface area contributed by atoms with Gasteiger partial charge in [0.25, 0.3) is 0 Å². The van der Waals surface area contributed by atoms with Crippen molar-refractivity contribution in [3.8, 4) is 23.0 Å². The molecule has 4 rings (SSSR count). The number of hydrogen-bond donors (Lipinski definition) is 0. The summed E-state index contributed by atoms with van der Waals surface area (Å²) < 4.78 is 11.4. The molecular formula is C27H26O2. The van der Waals surface area contributed by atoms with Crippen LogP contribution in [0, 0.1) is 0 Å². The Labute approximate surface area is 173 Å². The Morgan fingerprint density at radius 2 is 0.828 bits per heavy atom. The van der Waals surface area contributed by atoms with Crippen LogP contribution in [0.2, 0.25) is 0 Å². The number of hydrogen-bond acceptors (Lipinski definition) is 2. The molecule has 0 radical (unpaired) electrons. The third-order valence-corrected chi connectivity index (χ3v) is 4.23. The normalized spacial score (nSPS) is 10.0. The second-order valence-electron chi connectivity index (χ2n) is 6.84. The molecule has 0 aliphatic rings. The van der Waals surface area contributed by atoms with Gasteiger partial charge in [0, 0.05) is 0 Å². The minimum atomic E-state index is 0.472. The number of rotatable bonds is 5. The van der Waals surface area contributed by atoms with E-state index in [-0.39, 0.29) is 0 Å². The largest absolute Gasteiger partial charge is 0.457 e. The molecule has 2 heteroatoms. The molecule has 0 heterocycles. The molecule has 4 aromatic rings. The average molecular weight is 383 g/mol. The molecular weight excluding hydrogens is 356 g/mol. The van der Waals surface area contributed by atoms with Crippen molar-refractivity contribution in [2.24, 2.45) is 0 Å². The van der Waals surface area contributed by atoms with Gasteiger partial charge in [0.1, 0.15) is 23.0 Å². The Kier molecular flexibility index (Phi) is 7.48. The maximum absolute atomic E-state index is 5.87. The number of benzene rings is 4. The van der Waals surface area contributed by atoms with Crippen LogP contribution in [0.5, 0.6) is 23.0 Å². The maximum atomic E-state index is 5.87. The Morgan fingerprint density at radius 3 is 1.28 bits per heavy atom. The van der Waals surface area contributed by atoms with Gasteiger partial charge in [0.2, 0.25) is 0 Å². The molecule has 0 saturated heterocycles. The Bertz CT molecular complexity index is 927. The summed E-state index contributed by atoms with van der Waals surface area (Å²) >= 11 is 0. The fraction of sp³-hybridized carbons (Fsp3) is 0.111. The lowest BCUT2D eigenvalue weighted by atomic mass is 10.0. The van der Waals surface area contributed by atoms with Crippen LogP contribution in [0.3, 0.4) is 0 Å². The highest BCUT2D eigenvalue weighted by Crippen LogP contribution is 2.29. The lowest BCUT2D eigenvalue weighted by Crippen LogP contribution is -1.93. The van der Waals surface area contributed by atoms with Crippen LogP contribution < -0.4 is 9.47 Å². The standard InChI is InChI=1S/C15H16O.C12H10O/c1-12(2)14-10-6-7-11-15(14)16-13-8-4-3-5-9-13;1-3-7-11(8-4-1)13-12-9-5-2-6-10-12/h3-12H,1-2H3;1-10H. The fourth-order valence-electron chi connectivity index (χ4n) is 2.78. The molecule has 0 aromatic heterocycles. The van der Waals surface area contributed by atoms with Gasteiger partial charge in [-0.15, -0.1) is 0 Å². The highest BCUT2D eigenvalue weighted by Gasteiger charge is 2.07. The molecule has 0 bridgehead atoms. The molecule has 0 aliphatic carbocycles. The lowest BCUT2D eigenvalue weighted by molar-refractivity contribution is 0.473. The van der Waals surface area contributed by atoms with Crippen molar-refractivity contribution in [1.29, 1.82) is 0 Å². The third kappa shape index (κ3) is 6.54. The first-order chi connectivity index (χ1) is 14.2. The molecule has 0 saturated carbocycles. The zero-order valence-corrected chi connectivity index (χ0v) is 16.9. The van der Waals surface area contributed by atoms with E-state index in [1.807, 2.05) is 109 Å². The van der Waals surface area contributed by atoms with Crippen molar-refractivity contribution >= 4 is 0 Å². The minimum Gasteiger partial charge on any atom is -0.457 e. The quantitative estimate of drug-likeness (QED) is 0.347. The summed E-state index contributed by atoms with van der Waals surface area (Å²) in [7, 11) is 0. The molecule has 0 spiro atoms. The molecule has 0 amide bonds. The van der Waals surface area contributed by atoms with Gasteiger partial charge in [-0.3, -0.25) is 0 Å². The molecule has 146 valence electrons. The minimum absolute atomic E-state index is 0.472. The van der Waals surface area contributed by atoms with E-state index in [4.69, 9.17) is 9.47 Å². The summed E-state index contributed by atoms with van der Waals surface area (Å²) in [5.74, 6) is 4.04. The third-order valence-electron chi connectivity index (χ3n) is 4.23. The Morgan fingerprint density at radius 1 is 0.448 bits per heavy atom. The van der Waals surface area contributed by atoms with Gasteiger partial charge in [-0.25, -0.2) is 0 Å². The van der Waals surface area contributed by atoms with Crippen molar-refractivity contribution in [2.75, 3.05) is 0 Å². The van der Waals surface area contributed by atoms with Crippen LogP contribution in [0.25, 0.3) is 0 Å². The average Bonchev–Trinajstić information content (AvgIpc) is 2.77. The van der Waals surface area contributed by atoms with E-state index in [1.165, 1.54) is 5.56 Å². The first kappa shape index (κ1) is 20.2. The molecule has 0 fully saturated rings. The van der Waals surface area contributed by atoms with Gasteiger partial charge in [-0.2, -0.15) is 0 Å². The van der Waals surface area contributed by atoms with Crippen LogP contribution in [-0.2, 0) is 0 Å². The Hall–Kier alpha value is -3.52. The van der Waals surface area contributed by atoms with E-state index in [1.54, 1.807) is 0 Å². The van der Waals surface area contributed by atoms with Crippen LogP contribution in [0.1, 0.15) is 25.3 Å². The van der Waals surface area contributed by atoms with Crippen molar-refractivity contribution in [3.63, 3.8) is 0 Å². The maximum Gasteiger partial charge on any atom is 0.130 e. The molecule has 0 unspecified atom stereocenters. The molecule has 0 N–H and O–H groups in total. The summed E-state index contributed by atoms with van der Waals surface area (Å²) in [5, 5.41) is 0. The van der Waals surface area contributed by atoms with Crippen molar-refractivity contribution in [2.45, 2.75) is 19.8 Å². The van der Waals surface area contributed by atoms with E-state index in [9.17, 15) is 0 Å². The number of ether oxygens (including phenoxy) is 2. The predicted octanol–water partition coefficient (Wildman–Crippen LogP) is 8.08. The highest BCUT2D eigenvalue weighted by molar-refractivity contribution is 5.39. The lowest BCUT2D eigenvalue weighted by Gasteiger charge is -2.13. The van der Waals surface area contributed by atoms with E-state index in [2.05, 4.69) is 19.9 Å². The second-order valence-corrected chi connectivity index (χ2v) is 6.84. The molecule has 4 aromatic carbocycles. The summed E-state index contributed by atoms with van der Waals surface area (Å²) in [4.78, 5) is 0. The predicted molar refractivity (Wildman–Crippen MR) is 120 cm³/mol. The fourth-order valence-corrected chi connectivity index (χ4v) is 2.78. The van der Waals surface area contributed by atoms with Crippen molar-refractivity contribution < 1.29 is 9.47 Å². The smallest absolute Gasteiger partial charge is 0.130 e. The molecule has 2 nitrogen and oxygen atoms in total. The van der Waals surface area contributed by atoms with E-state index in [0.717, 1.165) is 23.0 Å². The van der Waals surface area contributed by atoms with Gasteiger partial charge in [0.15, 0.2) is 0 Å². The number of para-hydroxylation sites is 4. The van der Waals surface area contributed by atoms with Gasteiger partial charge in [-0.05, 0) is 53.9 Å². The first-order valence-electron chi connectivity index (χ1n) is 9.82. The van der Waals surface area contributed by atoms with Crippen LogP contribution in [0.4, 0.5) is 0 Å². The summed E-state index contributed by atoms with van der Waals surface area (Å²) in [5.41, 5.74) is 1.24. The Balaban J connectivity index is 0.000000169. The summed E-state index contributed by atoms with van der Waals surface area (Å²) in [6.07, 6.45) is 0.